The molecule has 0 aliphatic carbocycles. The van der Waals surface area contributed by atoms with E-state index < -0.39 is 0 Å². The van der Waals surface area contributed by atoms with E-state index in [1.54, 1.807) is 6.08 Å². The number of aromatic nitrogens is 1. The average Bonchev–Trinajstić information content (AvgIpc) is 2.74. The Hall–Kier alpha value is -2.15. The second-order valence-electron chi connectivity index (χ2n) is 7.05. The van der Waals surface area contributed by atoms with Crippen LogP contribution in [0.1, 0.15) is 29.4 Å². The largest absolute Gasteiger partial charge is 0.396 e. The van der Waals surface area contributed by atoms with Crippen molar-refractivity contribution in [2.75, 3.05) is 38.0 Å². The predicted molar refractivity (Wildman–Crippen MR) is 128 cm³/mol. The molecule has 1 atom stereocenters. The number of halogens is 1. The number of allylic oxidation sites excluding steroid dienone is 1. The number of nitrogens with zero attached hydrogens (tertiary/aromatic N) is 2. The molecule has 4 nitrogen and oxygen atoms in total. The van der Waals surface area contributed by atoms with Crippen LogP contribution in [0.15, 0.2) is 49.1 Å². The highest BCUT2D eigenvalue weighted by molar-refractivity contribution is 7.94. The number of aliphatic hydroxyl groups excluding tert-OH is 1. The normalized spacial score (nSPS) is 11.7. The zero-order valence-electron chi connectivity index (χ0n) is 18.3. The van der Waals surface area contributed by atoms with Gasteiger partial charge in [-0.3, -0.25) is 4.98 Å². The maximum atomic E-state index is 12.1. The molecule has 1 heterocycles. The smallest absolute Gasteiger partial charge is 0.0888 e. The van der Waals surface area contributed by atoms with Crippen molar-refractivity contribution in [3.05, 3.63) is 71.6 Å². The zero-order chi connectivity index (χ0) is 22.4. The maximum Gasteiger partial charge on any atom is 0.0888 e. The minimum absolute atomic E-state index is 0.0798. The molecule has 2 aromatic rings. The number of rotatable bonds is 10. The molecule has 0 aliphatic heterocycles. The van der Waals surface area contributed by atoms with E-state index in [2.05, 4.69) is 47.7 Å². The third kappa shape index (κ3) is 9.57. The minimum Gasteiger partial charge on any atom is -0.396 e. The number of aliphatic hydroxyl groups is 1. The molecule has 0 saturated carbocycles. The van der Waals surface area contributed by atoms with Gasteiger partial charge in [-0.15, -0.1) is 0 Å². The van der Waals surface area contributed by atoms with Crippen LogP contribution in [0, 0.1) is 12.8 Å². The molecule has 0 aliphatic rings. The lowest BCUT2D eigenvalue weighted by Crippen LogP contribution is -2.16. The second kappa shape index (κ2) is 14.8. The maximum absolute atomic E-state index is 12.1. The first-order chi connectivity index (χ1) is 14.4. The van der Waals surface area contributed by atoms with Crippen LogP contribution in [0.4, 0.5) is 9.57 Å². The van der Waals surface area contributed by atoms with Gasteiger partial charge in [-0.25, -0.2) is 0 Å². The zero-order valence-corrected chi connectivity index (χ0v) is 19.2. The van der Waals surface area contributed by atoms with Gasteiger partial charge in [-0.1, -0.05) is 42.5 Å². The van der Waals surface area contributed by atoms with Gasteiger partial charge in [0.2, 0.25) is 0 Å². The van der Waals surface area contributed by atoms with E-state index in [-0.39, 0.29) is 30.4 Å². The van der Waals surface area contributed by atoms with Crippen LogP contribution in [-0.2, 0) is 11.3 Å². The molecule has 2 rings (SSSR count). The standard InChI is InChI=1S/C15H20FNO2S.C9H13N/c1-3-5-15-13(4-2)6-7-14(17-15)10-19-9-12(8-18)11-20-16;1-8-4-6-9(7-5-8)10(2)3/h3-7,12,18H,2,8-11H2,1H3;4-7H,1-3H3/b5-3-;. The summed E-state index contributed by atoms with van der Waals surface area (Å²) >= 11 is 0.219. The lowest BCUT2D eigenvalue weighted by Gasteiger charge is -2.12. The van der Waals surface area contributed by atoms with Gasteiger partial charge in [0.15, 0.2) is 0 Å². The topological polar surface area (TPSA) is 45.6 Å². The van der Waals surface area contributed by atoms with Gasteiger partial charge in [0.25, 0.3) is 0 Å². The van der Waals surface area contributed by atoms with Crippen molar-refractivity contribution in [3.8, 4) is 0 Å². The number of anilines is 1. The van der Waals surface area contributed by atoms with Gasteiger partial charge < -0.3 is 14.7 Å². The molecule has 0 amide bonds. The first kappa shape index (κ1) is 25.9. The van der Waals surface area contributed by atoms with Crippen molar-refractivity contribution in [1.29, 1.82) is 0 Å². The first-order valence-electron chi connectivity index (χ1n) is 9.86. The lowest BCUT2D eigenvalue weighted by molar-refractivity contribution is 0.0693. The Bertz CT molecular complexity index is 779. The van der Waals surface area contributed by atoms with Crippen LogP contribution in [0.2, 0.25) is 0 Å². The Morgan fingerprint density at radius 3 is 2.47 bits per heavy atom. The van der Waals surface area contributed by atoms with Crippen molar-refractivity contribution in [1.82, 2.24) is 4.98 Å². The Balaban J connectivity index is 0.000000375. The number of aryl methyl sites for hydroxylation is 1. The van der Waals surface area contributed by atoms with E-state index in [1.807, 2.05) is 45.3 Å². The molecule has 0 radical (unpaired) electrons. The van der Waals surface area contributed by atoms with Crippen molar-refractivity contribution in [3.63, 3.8) is 0 Å². The highest BCUT2D eigenvalue weighted by atomic mass is 32.2. The van der Waals surface area contributed by atoms with E-state index in [0.717, 1.165) is 17.0 Å². The van der Waals surface area contributed by atoms with Gasteiger partial charge in [0.05, 0.1) is 24.6 Å². The van der Waals surface area contributed by atoms with Gasteiger partial charge in [-0.2, -0.15) is 3.89 Å². The van der Waals surface area contributed by atoms with E-state index in [9.17, 15) is 3.89 Å². The fraction of sp³-hybridized carbons (Fsp3) is 0.375. The fourth-order valence-corrected chi connectivity index (χ4v) is 2.87. The molecule has 1 aromatic heterocycles. The second-order valence-corrected chi connectivity index (χ2v) is 7.60. The summed E-state index contributed by atoms with van der Waals surface area (Å²) in [6.07, 6.45) is 5.59. The number of hydrogen-bond donors (Lipinski definition) is 1. The summed E-state index contributed by atoms with van der Waals surface area (Å²) < 4.78 is 17.6. The number of hydrogen-bond acceptors (Lipinski definition) is 5. The van der Waals surface area contributed by atoms with Crippen molar-refractivity contribution in [2.24, 2.45) is 5.92 Å². The van der Waals surface area contributed by atoms with Crippen molar-refractivity contribution < 1.29 is 13.7 Å². The Labute approximate surface area is 184 Å². The van der Waals surface area contributed by atoms with Crippen LogP contribution in [0.25, 0.3) is 12.2 Å². The molecule has 164 valence electrons. The van der Waals surface area contributed by atoms with E-state index in [0.29, 0.717) is 13.2 Å². The SMILES string of the molecule is C=Cc1ccc(COCC(CO)CSF)nc1/C=C\C.Cc1ccc(N(C)C)cc1. The molecule has 0 spiro atoms. The third-order valence-electron chi connectivity index (χ3n) is 4.27. The first-order valence-corrected chi connectivity index (χ1v) is 10.7. The fourth-order valence-electron chi connectivity index (χ4n) is 2.49. The molecule has 0 bridgehead atoms. The summed E-state index contributed by atoms with van der Waals surface area (Å²) in [6, 6.07) is 12.3. The highest BCUT2D eigenvalue weighted by Crippen LogP contribution is 2.14. The highest BCUT2D eigenvalue weighted by Gasteiger charge is 2.09. The van der Waals surface area contributed by atoms with Crippen molar-refractivity contribution in [2.45, 2.75) is 20.5 Å². The van der Waals surface area contributed by atoms with E-state index in [4.69, 9.17) is 9.84 Å². The molecule has 1 N–H and O–H groups in total. The quantitative estimate of drug-likeness (QED) is 0.532. The molecule has 0 fully saturated rings. The number of pyridine rings is 1. The number of benzene rings is 1. The van der Waals surface area contributed by atoms with Crippen LogP contribution in [-0.4, -0.2) is 43.2 Å². The van der Waals surface area contributed by atoms with Gasteiger partial charge >= 0.3 is 0 Å². The Morgan fingerprint density at radius 2 is 1.93 bits per heavy atom. The monoisotopic (exact) mass is 432 g/mol. The molecular formula is C24H33FN2O2S. The summed E-state index contributed by atoms with van der Waals surface area (Å²) in [5, 5.41) is 9.04. The van der Waals surface area contributed by atoms with E-state index >= 15 is 0 Å². The molecule has 30 heavy (non-hydrogen) atoms. The summed E-state index contributed by atoms with van der Waals surface area (Å²) in [4.78, 5) is 6.57. The Morgan fingerprint density at radius 1 is 1.23 bits per heavy atom. The lowest BCUT2D eigenvalue weighted by atomic mass is 10.1. The van der Waals surface area contributed by atoms with Gasteiger partial charge in [-0.05, 0) is 43.7 Å². The van der Waals surface area contributed by atoms with Crippen molar-refractivity contribution >= 4 is 30.0 Å². The van der Waals surface area contributed by atoms with Crippen LogP contribution in [0.5, 0.6) is 0 Å². The summed E-state index contributed by atoms with van der Waals surface area (Å²) in [5.41, 5.74) is 5.18. The Kier molecular flexibility index (Phi) is 12.7. The molecule has 6 heteroatoms. The van der Waals surface area contributed by atoms with Gasteiger partial charge in [0.1, 0.15) is 0 Å². The molecular weight excluding hydrogens is 399 g/mol. The summed E-state index contributed by atoms with van der Waals surface area (Å²) in [6.45, 7) is 8.35. The van der Waals surface area contributed by atoms with Crippen LogP contribution < -0.4 is 4.90 Å². The summed E-state index contributed by atoms with van der Waals surface area (Å²) in [5.74, 6) is 0.0517. The molecule has 1 unspecified atom stereocenters. The number of ether oxygens (including phenoxy) is 1. The third-order valence-corrected chi connectivity index (χ3v) is 4.87. The van der Waals surface area contributed by atoms with Gasteiger partial charge in [0, 0.05) is 50.2 Å². The summed E-state index contributed by atoms with van der Waals surface area (Å²) in [7, 11) is 4.09. The van der Waals surface area contributed by atoms with Crippen LogP contribution >= 0.6 is 12.1 Å². The average molecular weight is 433 g/mol. The predicted octanol–water partition coefficient (Wildman–Crippen LogP) is 5.56. The molecule has 0 saturated heterocycles. The van der Waals surface area contributed by atoms with Crippen LogP contribution in [0.3, 0.4) is 0 Å². The van der Waals surface area contributed by atoms with E-state index in [1.165, 1.54) is 11.3 Å². The minimum atomic E-state index is -0.188. The molecule has 1 aromatic carbocycles.